The molecule has 100 valence electrons. The van der Waals surface area contributed by atoms with Gasteiger partial charge in [-0.2, -0.15) is 0 Å². The quantitative estimate of drug-likeness (QED) is 0.805. The summed E-state index contributed by atoms with van der Waals surface area (Å²) in [5, 5.41) is 18.5. The van der Waals surface area contributed by atoms with Gasteiger partial charge in [-0.1, -0.05) is 0 Å². The molecule has 1 aliphatic carbocycles. The smallest absolute Gasteiger partial charge is 0.0717 e. The fraction of sp³-hybridized carbons (Fsp3) is 0.643. The first-order chi connectivity index (χ1) is 8.76. The summed E-state index contributed by atoms with van der Waals surface area (Å²) >= 11 is 0. The lowest BCUT2D eigenvalue weighted by Gasteiger charge is -2.40. The average molecular weight is 250 g/mol. The van der Waals surface area contributed by atoms with Crippen LogP contribution in [-0.4, -0.2) is 34.4 Å². The molecule has 2 N–H and O–H groups in total. The van der Waals surface area contributed by atoms with Crippen molar-refractivity contribution in [1.29, 1.82) is 0 Å². The first kappa shape index (κ1) is 13.3. The molecular weight excluding hydrogens is 228 g/mol. The fourth-order valence-electron chi connectivity index (χ4n) is 2.40. The summed E-state index contributed by atoms with van der Waals surface area (Å²) in [6, 6.07) is 2.60. The zero-order chi connectivity index (χ0) is 13.0. The SMILES string of the molecule is Cc1cc(N(CCCO)C2CCC2)c(CO)cn1. The monoisotopic (exact) mass is 250 g/mol. The second-order valence-electron chi connectivity index (χ2n) is 4.97. The van der Waals surface area contributed by atoms with Crippen molar-refractivity contribution in [2.75, 3.05) is 18.1 Å². The second-order valence-corrected chi connectivity index (χ2v) is 4.97. The maximum absolute atomic E-state index is 9.44. The van der Waals surface area contributed by atoms with Gasteiger partial charge < -0.3 is 15.1 Å². The van der Waals surface area contributed by atoms with E-state index < -0.39 is 0 Å². The van der Waals surface area contributed by atoms with Crippen molar-refractivity contribution in [2.24, 2.45) is 0 Å². The Labute approximate surface area is 108 Å². The minimum atomic E-state index is 0.0188. The number of rotatable bonds is 6. The van der Waals surface area contributed by atoms with Crippen LogP contribution in [0.5, 0.6) is 0 Å². The number of aliphatic hydroxyl groups excluding tert-OH is 2. The summed E-state index contributed by atoms with van der Waals surface area (Å²) in [6.45, 7) is 3.04. The summed E-state index contributed by atoms with van der Waals surface area (Å²) in [7, 11) is 0. The molecule has 0 aliphatic heterocycles. The van der Waals surface area contributed by atoms with Gasteiger partial charge in [-0.3, -0.25) is 4.98 Å². The van der Waals surface area contributed by atoms with Crippen LogP contribution in [0.25, 0.3) is 0 Å². The lowest BCUT2D eigenvalue weighted by Crippen LogP contribution is -2.41. The van der Waals surface area contributed by atoms with Crippen LogP contribution >= 0.6 is 0 Å². The van der Waals surface area contributed by atoms with E-state index in [1.54, 1.807) is 6.20 Å². The molecule has 0 saturated heterocycles. The predicted molar refractivity (Wildman–Crippen MR) is 71.6 cm³/mol. The summed E-state index contributed by atoms with van der Waals surface area (Å²) in [5.74, 6) is 0. The van der Waals surface area contributed by atoms with Crippen molar-refractivity contribution >= 4 is 5.69 Å². The van der Waals surface area contributed by atoms with Gasteiger partial charge in [0.2, 0.25) is 0 Å². The normalized spacial score (nSPS) is 15.5. The van der Waals surface area contributed by atoms with E-state index in [2.05, 4.69) is 9.88 Å². The number of hydrogen-bond acceptors (Lipinski definition) is 4. The van der Waals surface area contributed by atoms with E-state index in [0.29, 0.717) is 6.04 Å². The van der Waals surface area contributed by atoms with Gasteiger partial charge in [-0.25, -0.2) is 0 Å². The molecule has 0 bridgehead atoms. The van der Waals surface area contributed by atoms with E-state index >= 15 is 0 Å². The molecule has 1 aromatic rings. The Bertz CT molecular complexity index is 391. The highest BCUT2D eigenvalue weighted by atomic mass is 16.3. The number of hydrogen-bond donors (Lipinski definition) is 2. The number of aliphatic hydroxyl groups is 2. The van der Waals surface area contributed by atoms with Crippen molar-refractivity contribution in [2.45, 2.75) is 45.3 Å². The van der Waals surface area contributed by atoms with Crippen molar-refractivity contribution < 1.29 is 10.2 Å². The van der Waals surface area contributed by atoms with Crippen LogP contribution in [0.15, 0.2) is 12.3 Å². The molecule has 4 nitrogen and oxygen atoms in total. The van der Waals surface area contributed by atoms with Gasteiger partial charge in [-0.05, 0) is 38.7 Å². The number of aromatic nitrogens is 1. The molecule has 2 rings (SSSR count). The fourth-order valence-corrected chi connectivity index (χ4v) is 2.40. The van der Waals surface area contributed by atoms with E-state index in [1.165, 1.54) is 19.3 Å². The lowest BCUT2D eigenvalue weighted by atomic mass is 9.90. The Morgan fingerprint density at radius 2 is 2.17 bits per heavy atom. The topological polar surface area (TPSA) is 56.6 Å². The molecule has 18 heavy (non-hydrogen) atoms. The van der Waals surface area contributed by atoms with Crippen LogP contribution in [0.1, 0.15) is 36.9 Å². The maximum atomic E-state index is 9.44. The van der Waals surface area contributed by atoms with Crippen molar-refractivity contribution in [3.63, 3.8) is 0 Å². The van der Waals surface area contributed by atoms with Crippen LogP contribution in [-0.2, 0) is 6.61 Å². The Morgan fingerprint density at radius 3 is 2.72 bits per heavy atom. The zero-order valence-corrected chi connectivity index (χ0v) is 11.0. The number of nitrogens with zero attached hydrogens (tertiary/aromatic N) is 2. The minimum absolute atomic E-state index is 0.0188. The average Bonchev–Trinajstić information content (AvgIpc) is 2.32. The second kappa shape index (κ2) is 6.16. The number of aryl methyl sites for hydroxylation is 1. The van der Waals surface area contributed by atoms with Gasteiger partial charge in [-0.15, -0.1) is 0 Å². The molecule has 1 saturated carbocycles. The molecule has 1 fully saturated rings. The highest BCUT2D eigenvalue weighted by molar-refractivity contribution is 5.54. The van der Waals surface area contributed by atoms with Crippen molar-refractivity contribution in [3.8, 4) is 0 Å². The molecule has 0 unspecified atom stereocenters. The minimum Gasteiger partial charge on any atom is -0.396 e. The highest BCUT2D eigenvalue weighted by Crippen LogP contribution is 2.32. The van der Waals surface area contributed by atoms with Crippen LogP contribution < -0.4 is 4.90 Å². The standard InChI is InChI=1S/C14H22N2O2/c1-11-8-14(12(10-18)9-15-11)16(6-3-7-17)13-4-2-5-13/h8-9,13,17-18H,2-7,10H2,1H3. The van der Waals surface area contributed by atoms with Gasteiger partial charge in [0, 0.05) is 42.3 Å². The Hall–Kier alpha value is -1.13. The first-order valence-electron chi connectivity index (χ1n) is 6.70. The summed E-state index contributed by atoms with van der Waals surface area (Å²) < 4.78 is 0. The van der Waals surface area contributed by atoms with E-state index in [1.807, 2.05) is 13.0 Å². The van der Waals surface area contributed by atoms with Gasteiger partial charge in [0.25, 0.3) is 0 Å². The van der Waals surface area contributed by atoms with Gasteiger partial charge >= 0.3 is 0 Å². The molecule has 0 spiro atoms. The Kier molecular flexibility index (Phi) is 4.55. The summed E-state index contributed by atoms with van der Waals surface area (Å²) in [6.07, 6.45) is 6.21. The zero-order valence-electron chi connectivity index (χ0n) is 11.0. The van der Waals surface area contributed by atoms with Gasteiger partial charge in [0.05, 0.1) is 6.61 Å². The molecule has 0 amide bonds. The van der Waals surface area contributed by atoms with Gasteiger partial charge in [0.1, 0.15) is 0 Å². The molecule has 1 heterocycles. The first-order valence-corrected chi connectivity index (χ1v) is 6.70. The number of pyridine rings is 1. The molecule has 0 aromatic carbocycles. The molecule has 1 aliphatic rings. The van der Waals surface area contributed by atoms with E-state index in [9.17, 15) is 5.11 Å². The third kappa shape index (κ3) is 2.82. The van der Waals surface area contributed by atoms with Gasteiger partial charge in [0.15, 0.2) is 0 Å². The maximum Gasteiger partial charge on any atom is 0.0717 e. The lowest BCUT2D eigenvalue weighted by molar-refractivity contribution is 0.276. The highest BCUT2D eigenvalue weighted by Gasteiger charge is 2.26. The van der Waals surface area contributed by atoms with Crippen LogP contribution in [0.3, 0.4) is 0 Å². The predicted octanol–water partition coefficient (Wildman–Crippen LogP) is 1.62. The van der Waals surface area contributed by atoms with Crippen LogP contribution in [0.2, 0.25) is 0 Å². The molecular formula is C14H22N2O2. The molecule has 0 radical (unpaired) electrons. The third-order valence-electron chi connectivity index (χ3n) is 3.65. The molecule has 4 heteroatoms. The van der Waals surface area contributed by atoms with Crippen LogP contribution in [0.4, 0.5) is 5.69 Å². The van der Waals surface area contributed by atoms with E-state index in [0.717, 1.165) is 29.9 Å². The van der Waals surface area contributed by atoms with Crippen LogP contribution in [0, 0.1) is 6.92 Å². The molecule has 1 aromatic heterocycles. The number of anilines is 1. The Balaban J connectivity index is 2.24. The van der Waals surface area contributed by atoms with Crippen molar-refractivity contribution in [1.82, 2.24) is 4.98 Å². The third-order valence-corrected chi connectivity index (χ3v) is 3.65. The van der Waals surface area contributed by atoms with E-state index in [-0.39, 0.29) is 13.2 Å². The summed E-state index contributed by atoms with van der Waals surface area (Å²) in [5.41, 5.74) is 2.93. The van der Waals surface area contributed by atoms with Crippen molar-refractivity contribution in [3.05, 3.63) is 23.5 Å². The summed E-state index contributed by atoms with van der Waals surface area (Å²) in [4.78, 5) is 6.57. The van der Waals surface area contributed by atoms with E-state index in [4.69, 9.17) is 5.11 Å². The Morgan fingerprint density at radius 1 is 1.39 bits per heavy atom. The molecule has 0 atom stereocenters. The largest absolute Gasteiger partial charge is 0.396 e.